The number of para-hydroxylation sites is 2. The van der Waals surface area contributed by atoms with Crippen molar-refractivity contribution in [2.45, 2.75) is 40.5 Å². The van der Waals surface area contributed by atoms with Gasteiger partial charge in [-0.15, -0.1) is 0 Å². The highest BCUT2D eigenvalue weighted by atomic mass is 16.5. The first-order chi connectivity index (χ1) is 18.0. The number of benzene rings is 4. The van der Waals surface area contributed by atoms with Gasteiger partial charge in [-0.25, -0.2) is 0 Å². The van der Waals surface area contributed by atoms with Crippen molar-refractivity contribution in [2.24, 2.45) is 11.8 Å². The summed E-state index contributed by atoms with van der Waals surface area (Å²) in [6.07, 6.45) is 1.55. The van der Waals surface area contributed by atoms with Crippen LogP contribution in [0, 0.1) is 11.8 Å². The van der Waals surface area contributed by atoms with E-state index in [0.717, 1.165) is 35.5 Å². The van der Waals surface area contributed by atoms with Crippen LogP contribution in [0.5, 0.6) is 23.0 Å². The average Bonchev–Trinajstić information content (AvgIpc) is 2.89. The molecule has 0 saturated heterocycles. The largest absolute Gasteiger partial charge is 0.489 e. The molecular weight excluding hydrogens is 456 g/mol. The van der Waals surface area contributed by atoms with Gasteiger partial charge >= 0.3 is 0 Å². The van der Waals surface area contributed by atoms with Crippen molar-refractivity contribution in [2.75, 3.05) is 13.2 Å². The number of hydrogen-bond acceptors (Lipinski definition) is 3. The van der Waals surface area contributed by atoms with Gasteiger partial charge in [0.2, 0.25) is 0 Å². The fraction of sp³-hybridized carbons (Fsp3) is 0.294. The van der Waals surface area contributed by atoms with Crippen LogP contribution >= 0.6 is 0 Å². The molecule has 0 N–H and O–H groups in total. The lowest BCUT2D eigenvalue weighted by molar-refractivity contribution is 0.248. The molecular formula is C34H38O3. The Morgan fingerprint density at radius 2 is 0.892 bits per heavy atom. The van der Waals surface area contributed by atoms with E-state index in [2.05, 4.69) is 88.4 Å². The van der Waals surface area contributed by atoms with Gasteiger partial charge in [0.05, 0.1) is 13.2 Å². The van der Waals surface area contributed by atoms with Crippen LogP contribution in [0.4, 0.5) is 0 Å². The van der Waals surface area contributed by atoms with E-state index in [4.69, 9.17) is 14.2 Å². The monoisotopic (exact) mass is 494 g/mol. The van der Waals surface area contributed by atoms with Gasteiger partial charge in [0, 0.05) is 24.0 Å². The fourth-order valence-corrected chi connectivity index (χ4v) is 4.14. The molecule has 4 aromatic rings. The maximum atomic E-state index is 6.61. The first kappa shape index (κ1) is 26.3. The minimum absolute atomic E-state index is 0.400. The minimum atomic E-state index is 0.400. The average molecular weight is 495 g/mol. The van der Waals surface area contributed by atoms with Crippen LogP contribution in [0.3, 0.4) is 0 Å². The molecule has 0 heterocycles. The molecule has 0 aliphatic carbocycles. The van der Waals surface area contributed by atoms with Gasteiger partial charge in [-0.3, -0.25) is 0 Å². The maximum Gasteiger partial charge on any atom is 0.169 e. The van der Waals surface area contributed by atoms with Gasteiger partial charge < -0.3 is 14.2 Å². The minimum Gasteiger partial charge on any atom is -0.489 e. The zero-order valence-corrected chi connectivity index (χ0v) is 22.4. The van der Waals surface area contributed by atoms with Crippen LogP contribution in [0.15, 0.2) is 97.1 Å². The molecule has 37 heavy (non-hydrogen) atoms. The van der Waals surface area contributed by atoms with Crippen LogP contribution in [0.25, 0.3) is 0 Å². The number of hydrogen-bond donors (Lipinski definition) is 0. The molecule has 192 valence electrons. The van der Waals surface area contributed by atoms with E-state index in [1.807, 2.05) is 36.4 Å². The van der Waals surface area contributed by atoms with Gasteiger partial charge in [0.25, 0.3) is 0 Å². The van der Waals surface area contributed by atoms with Gasteiger partial charge in [0.1, 0.15) is 0 Å². The highest BCUT2D eigenvalue weighted by Gasteiger charge is 2.18. The van der Waals surface area contributed by atoms with Crippen molar-refractivity contribution in [3.63, 3.8) is 0 Å². The molecule has 0 unspecified atom stereocenters. The topological polar surface area (TPSA) is 27.7 Å². The molecule has 3 nitrogen and oxygen atoms in total. The first-order valence-corrected chi connectivity index (χ1v) is 13.2. The van der Waals surface area contributed by atoms with Crippen LogP contribution in [0.2, 0.25) is 0 Å². The second kappa shape index (κ2) is 13.0. The standard InChI is InChI=1S/C34H38O3/c1-25(2)23-35-33-29(21-27-13-7-5-8-14-27)17-11-19-31(33)37-32-20-12-18-30(34(32)36-24-26(3)4)22-28-15-9-6-10-16-28/h5-20,25-26H,21-24H2,1-4H3. The summed E-state index contributed by atoms with van der Waals surface area (Å²) in [5.41, 5.74) is 4.68. The summed E-state index contributed by atoms with van der Waals surface area (Å²) in [5, 5.41) is 0. The molecule has 0 aromatic heterocycles. The van der Waals surface area contributed by atoms with E-state index in [0.29, 0.717) is 36.5 Å². The zero-order valence-electron chi connectivity index (χ0n) is 22.4. The van der Waals surface area contributed by atoms with E-state index in [9.17, 15) is 0 Å². The molecule has 0 radical (unpaired) electrons. The third kappa shape index (κ3) is 7.63. The van der Waals surface area contributed by atoms with Crippen molar-refractivity contribution in [1.82, 2.24) is 0 Å². The van der Waals surface area contributed by atoms with Gasteiger partial charge in [0.15, 0.2) is 23.0 Å². The van der Waals surface area contributed by atoms with E-state index >= 15 is 0 Å². The smallest absolute Gasteiger partial charge is 0.169 e. The third-order valence-electron chi connectivity index (χ3n) is 5.94. The Labute approximate surface area is 222 Å². The molecule has 4 aromatic carbocycles. The highest BCUT2D eigenvalue weighted by molar-refractivity contribution is 5.54. The maximum absolute atomic E-state index is 6.61. The summed E-state index contributed by atoms with van der Waals surface area (Å²) in [6, 6.07) is 33.2. The summed E-state index contributed by atoms with van der Waals surface area (Å²) in [7, 11) is 0. The quantitative estimate of drug-likeness (QED) is 0.197. The summed E-state index contributed by atoms with van der Waals surface area (Å²) >= 11 is 0. The Morgan fingerprint density at radius 3 is 1.27 bits per heavy atom. The van der Waals surface area contributed by atoms with Gasteiger partial charge in [-0.1, -0.05) is 113 Å². The van der Waals surface area contributed by atoms with E-state index in [1.54, 1.807) is 0 Å². The number of ether oxygens (including phenoxy) is 3. The van der Waals surface area contributed by atoms with E-state index in [1.165, 1.54) is 11.1 Å². The summed E-state index contributed by atoms with van der Waals surface area (Å²) in [4.78, 5) is 0. The molecule has 0 atom stereocenters. The van der Waals surface area contributed by atoms with Crippen LogP contribution in [-0.2, 0) is 12.8 Å². The molecule has 0 saturated carbocycles. The molecule has 0 fully saturated rings. The zero-order chi connectivity index (χ0) is 26.0. The second-order valence-electron chi connectivity index (χ2n) is 10.3. The van der Waals surface area contributed by atoms with Crippen molar-refractivity contribution in [3.8, 4) is 23.0 Å². The number of rotatable bonds is 12. The second-order valence-corrected chi connectivity index (χ2v) is 10.3. The third-order valence-corrected chi connectivity index (χ3v) is 5.94. The predicted molar refractivity (Wildman–Crippen MR) is 152 cm³/mol. The van der Waals surface area contributed by atoms with Crippen molar-refractivity contribution < 1.29 is 14.2 Å². The Hall–Kier alpha value is -3.72. The first-order valence-electron chi connectivity index (χ1n) is 13.2. The summed E-state index contributed by atoms with van der Waals surface area (Å²) in [5.74, 6) is 3.81. The van der Waals surface area contributed by atoms with Crippen molar-refractivity contribution in [3.05, 3.63) is 119 Å². The van der Waals surface area contributed by atoms with Crippen LogP contribution < -0.4 is 14.2 Å². The van der Waals surface area contributed by atoms with Crippen LogP contribution in [-0.4, -0.2) is 13.2 Å². The van der Waals surface area contributed by atoms with E-state index in [-0.39, 0.29) is 0 Å². The normalized spacial score (nSPS) is 11.1. The van der Waals surface area contributed by atoms with Crippen molar-refractivity contribution >= 4 is 0 Å². The fourth-order valence-electron chi connectivity index (χ4n) is 4.14. The molecule has 0 spiro atoms. The van der Waals surface area contributed by atoms with Crippen molar-refractivity contribution in [1.29, 1.82) is 0 Å². The Morgan fingerprint density at radius 1 is 0.486 bits per heavy atom. The summed E-state index contributed by atoms with van der Waals surface area (Å²) < 4.78 is 19.4. The predicted octanol–water partition coefficient (Wildman–Crippen LogP) is 8.73. The molecule has 3 heteroatoms. The van der Waals surface area contributed by atoms with Gasteiger partial charge in [-0.05, 0) is 35.1 Å². The Bertz CT molecular complexity index is 1150. The summed E-state index contributed by atoms with van der Waals surface area (Å²) in [6.45, 7) is 9.87. The highest BCUT2D eigenvalue weighted by Crippen LogP contribution is 2.41. The lowest BCUT2D eigenvalue weighted by Gasteiger charge is -2.21. The Kier molecular flexibility index (Phi) is 9.26. The lowest BCUT2D eigenvalue weighted by Crippen LogP contribution is -2.09. The van der Waals surface area contributed by atoms with Crippen LogP contribution in [0.1, 0.15) is 49.9 Å². The molecule has 0 amide bonds. The molecule has 0 aliphatic rings. The molecule has 0 bridgehead atoms. The lowest BCUT2D eigenvalue weighted by atomic mass is 10.0. The van der Waals surface area contributed by atoms with Gasteiger partial charge in [-0.2, -0.15) is 0 Å². The molecule has 4 rings (SSSR count). The van der Waals surface area contributed by atoms with E-state index < -0.39 is 0 Å². The molecule has 0 aliphatic heterocycles. The SMILES string of the molecule is CC(C)COc1c(Cc2ccccc2)cccc1Oc1cccc(Cc2ccccc2)c1OCC(C)C. The Balaban J connectivity index is 1.70.